The summed E-state index contributed by atoms with van der Waals surface area (Å²) in [7, 11) is 0. The number of nitrogens with two attached hydrogens (primary N) is 1. The minimum atomic E-state index is -0.841. The van der Waals surface area contributed by atoms with Crippen molar-refractivity contribution in [1.29, 1.82) is 0 Å². The van der Waals surface area contributed by atoms with Crippen molar-refractivity contribution in [3.8, 4) is 5.69 Å². The average molecular weight is 398 g/mol. The summed E-state index contributed by atoms with van der Waals surface area (Å²) in [6, 6.07) is 2.76. The van der Waals surface area contributed by atoms with Gasteiger partial charge in [0.15, 0.2) is 0 Å². The van der Waals surface area contributed by atoms with Crippen molar-refractivity contribution in [3.63, 3.8) is 0 Å². The molecule has 1 heterocycles. The van der Waals surface area contributed by atoms with E-state index in [1.807, 2.05) is 6.92 Å². The molecule has 0 saturated heterocycles. The quantitative estimate of drug-likeness (QED) is 0.736. The lowest BCUT2D eigenvalue weighted by Gasteiger charge is -2.25. The molecule has 154 valence electrons. The van der Waals surface area contributed by atoms with Crippen LogP contribution < -0.4 is 11.1 Å². The van der Waals surface area contributed by atoms with Gasteiger partial charge in [-0.1, -0.05) is 26.0 Å². The van der Waals surface area contributed by atoms with E-state index in [1.54, 1.807) is 10.7 Å². The van der Waals surface area contributed by atoms with E-state index in [1.165, 1.54) is 6.07 Å². The lowest BCUT2D eigenvalue weighted by molar-refractivity contribution is 0.0997. The zero-order valence-corrected chi connectivity index (χ0v) is 17.0. The molecular formula is C22H27FN4O2. The topological polar surface area (TPSA) is 93.2 Å². The van der Waals surface area contributed by atoms with Gasteiger partial charge in [0.25, 0.3) is 5.91 Å². The largest absolute Gasteiger partial charge is 0.391 e. The van der Waals surface area contributed by atoms with Crippen molar-refractivity contribution in [2.75, 3.05) is 5.32 Å². The van der Waals surface area contributed by atoms with Crippen LogP contribution in [0.1, 0.15) is 60.4 Å². The number of allylic oxidation sites excluding steroid dienone is 1. The molecule has 0 bridgehead atoms. The smallest absolute Gasteiger partial charge is 0.253 e. The monoisotopic (exact) mass is 398 g/mol. The van der Waals surface area contributed by atoms with Crippen LogP contribution in [0.2, 0.25) is 0 Å². The fraction of sp³-hybridized carbons (Fsp3) is 0.455. The molecule has 0 unspecified atom stereocenters. The maximum absolute atomic E-state index is 15.0. The lowest BCUT2D eigenvalue weighted by atomic mass is 9.82. The van der Waals surface area contributed by atoms with E-state index < -0.39 is 17.8 Å². The van der Waals surface area contributed by atoms with E-state index >= 15 is 0 Å². The van der Waals surface area contributed by atoms with E-state index in [0.29, 0.717) is 17.8 Å². The summed E-state index contributed by atoms with van der Waals surface area (Å²) in [6.45, 7) is 6.22. The van der Waals surface area contributed by atoms with Gasteiger partial charge in [-0.2, -0.15) is 5.10 Å². The second-order valence-electron chi connectivity index (χ2n) is 8.82. The second kappa shape index (κ2) is 6.99. The van der Waals surface area contributed by atoms with Crippen LogP contribution in [0.3, 0.4) is 0 Å². The summed E-state index contributed by atoms with van der Waals surface area (Å²) in [4.78, 5) is 11.9. The van der Waals surface area contributed by atoms with Crippen LogP contribution in [0.15, 0.2) is 18.2 Å². The van der Waals surface area contributed by atoms with Crippen LogP contribution in [0, 0.1) is 18.2 Å². The number of carbonyl (C=O) groups excluding carboxylic acids is 1. The number of anilines is 1. The number of aliphatic hydroxyl groups is 1. The first-order valence-corrected chi connectivity index (χ1v) is 10.0. The molecule has 2 aliphatic carbocycles. The van der Waals surface area contributed by atoms with Crippen molar-refractivity contribution in [1.82, 2.24) is 9.78 Å². The molecule has 1 aromatic heterocycles. The molecule has 1 aromatic carbocycles. The van der Waals surface area contributed by atoms with E-state index in [9.17, 15) is 14.3 Å². The number of primary amides is 1. The minimum Gasteiger partial charge on any atom is -0.391 e. The maximum atomic E-state index is 15.0. The van der Waals surface area contributed by atoms with Crippen LogP contribution in [-0.2, 0) is 6.42 Å². The first-order chi connectivity index (χ1) is 13.7. The third-order valence-corrected chi connectivity index (χ3v) is 5.92. The number of aryl methyl sites for hydroxylation is 1. The molecule has 1 fully saturated rings. The van der Waals surface area contributed by atoms with E-state index in [-0.39, 0.29) is 17.0 Å². The van der Waals surface area contributed by atoms with Gasteiger partial charge in [-0.25, -0.2) is 9.07 Å². The Kier molecular flexibility index (Phi) is 4.73. The third-order valence-electron chi connectivity index (χ3n) is 5.92. The van der Waals surface area contributed by atoms with Gasteiger partial charge in [-0.05, 0) is 44.1 Å². The summed E-state index contributed by atoms with van der Waals surface area (Å²) >= 11 is 0. The Balaban J connectivity index is 1.82. The Morgan fingerprint density at radius 2 is 2.14 bits per heavy atom. The van der Waals surface area contributed by atoms with Crippen LogP contribution in [0.25, 0.3) is 11.8 Å². The van der Waals surface area contributed by atoms with Gasteiger partial charge in [0.1, 0.15) is 5.82 Å². The van der Waals surface area contributed by atoms with Crippen molar-refractivity contribution in [2.45, 2.75) is 58.6 Å². The van der Waals surface area contributed by atoms with Crippen molar-refractivity contribution < 1.29 is 14.3 Å². The molecule has 0 radical (unpaired) electrons. The minimum absolute atomic E-state index is 0.0298. The second-order valence-corrected chi connectivity index (χ2v) is 8.82. The summed E-state index contributed by atoms with van der Waals surface area (Å²) in [5.74, 6) is -1.54. The van der Waals surface area contributed by atoms with Crippen LogP contribution >= 0.6 is 0 Å². The molecule has 2 aliphatic rings. The van der Waals surface area contributed by atoms with Gasteiger partial charge >= 0.3 is 0 Å². The van der Waals surface area contributed by atoms with Gasteiger partial charge in [-0.3, -0.25) is 4.79 Å². The number of carbonyl (C=O) groups is 1. The van der Waals surface area contributed by atoms with Gasteiger partial charge < -0.3 is 16.2 Å². The highest BCUT2D eigenvalue weighted by molar-refractivity contribution is 5.99. The predicted molar refractivity (Wildman–Crippen MR) is 111 cm³/mol. The van der Waals surface area contributed by atoms with Crippen molar-refractivity contribution >= 4 is 17.7 Å². The molecule has 4 rings (SSSR count). The normalized spacial score (nSPS) is 22.5. The highest BCUT2D eigenvalue weighted by Gasteiger charge is 2.29. The molecule has 29 heavy (non-hydrogen) atoms. The highest BCUT2D eigenvalue weighted by atomic mass is 19.1. The highest BCUT2D eigenvalue weighted by Crippen LogP contribution is 2.35. The van der Waals surface area contributed by atoms with Crippen LogP contribution in [0.4, 0.5) is 10.1 Å². The summed E-state index contributed by atoms with van der Waals surface area (Å²) < 4.78 is 16.7. The third kappa shape index (κ3) is 3.55. The molecular weight excluding hydrogens is 371 g/mol. The fourth-order valence-electron chi connectivity index (χ4n) is 4.37. The van der Waals surface area contributed by atoms with E-state index in [2.05, 4.69) is 36.4 Å². The van der Waals surface area contributed by atoms with Gasteiger partial charge in [0.2, 0.25) is 0 Å². The number of nitrogens with one attached hydrogen (secondary N) is 1. The summed E-state index contributed by atoms with van der Waals surface area (Å²) in [5.41, 5.74) is 8.98. The molecule has 2 aromatic rings. The lowest BCUT2D eigenvalue weighted by Crippen LogP contribution is -2.30. The molecule has 7 heteroatoms. The van der Waals surface area contributed by atoms with Gasteiger partial charge in [0, 0.05) is 11.6 Å². The fourth-order valence-corrected chi connectivity index (χ4v) is 4.37. The number of aromatic nitrogens is 2. The number of halogens is 1. The Morgan fingerprint density at radius 3 is 2.79 bits per heavy atom. The Bertz CT molecular complexity index is 1010. The van der Waals surface area contributed by atoms with Gasteiger partial charge in [-0.15, -0.1) is 0 Å². The van der Waals surface area contributed by atoms with E-state index in [4.69, 9.17) is 5.73 Å². The summed E-state index contributed by atoms with van der Waals surface area (Å²) in [6.07, 6.45) is 6.77. The maximum Gasteiger partial charge on any atom is 0.253 e. The number of nitrogens with zero attached hydrogens (tertiary/aromatic N) is 2. The number of amides is 1. The number of hydrogen-bond donors (Lipinski definition) is 3. The standard InChI is InChI=1S/C22H27FN4O2/c1-12-14-7-8-22(2,3)11-18(14)27(26-12)13-9-15(23)20(21(24)29)17(10-13)25-16-5-4-6-19(16)28/h7-10,16,19,25,28H,4-6,11H2,1-3H3,(H2,24,29)/t16-,19-/m0/s1. The molecule has 4 N–H and O–H groups in total. The van der Waals surface area contributed by atoms with Crippen LogP contribution in [0.5, 0.6) is 0 Å². The molecule has 1 saturated carbocycles. The Labute approximate surface area is 169 Å². The molecule has 6 nitrogen and oxygen atoms in total. The summed E-state index contributed by atoms with van der Waals surface area (Å²) in [5, 5.41) is 17.9. The first-order valence-electron chi connectivity index (χ1n) is 10.0. The van der Waals surface area contributed by atoms with Crippen molar-refractivity contribution in [2.24, 2.45) is 11.1 Å². The van der Waals surface area contributed by atoms with Gasteiger partial charge in [0.05, 0.1) is 40.5 Å². The predicted octanol–water partition coefficient (Wildman–Crippen LogP) is 3.34. The van der Waals surface area contributed by atoms with Crippen LogP contribution in [-0.4, -0.2) is 32.9 Å². The van der Waals surface area contributed by atoms with E-state index in [0.717, 1.165) is 36.2 Å². The molecule has 0 spiro atoms. The SMILES string of the molecule is Cc1nn(-c2cc(F)c(C(N)=O)c(N[C@H]3CCC[C@@H]3O)c2)c2c1C=CC(C)(C)C2. The molecule has 0 aliphatic heterocycles. The number of rotatable bonds is 4. The molecule has 1 amide bonds. The number of fused-ring (bicyclic) bond motifs is 1. The average Bonchev–Trinajstić information content (AvgIpc) is 3.16. The Hall–Kier alpha value is -2.67. The first kappa shape index (κ1) is 19.6. The molecule has 2 atom stereocenters. The number of aliphatic hydroxyl groups excluding tert-OH is 1. The number of benzene rings is 1. The number of hydrogen-bond acceptors (Lipinski definition) is 4. The van der Waals surface area contributed by atoms with Crippen molar-refractivity contribution in [3.05, 3.63) is 46.5 Å². The Morgan fingerprint density at radius 1 is 1.38 bits per heavy atom. The zero-order valence-electron chi connectivity index (χ0n) is 17.0. The zero-order chi connectivity index (χ0) is 20.9.